The first-order valence-electron chi connectivity index (χ1n) is 15.6. The van der Waals surface area contributed by atoms with E-state index >= 15 is 0 Å². The number of carboxylic acid groups (broad SMARTS) is 1. The average molecular weight is 596 g/mol. The molecule has 9 nitrogen and oxygen atoms in total. The molecule has 3 saturated carbocycles. The number of carboxylic acids is 1. The highest BCUT2D eigenvalue weighted by atomic mass is 32.2. The molecule has 1 aliphatic heterocycles. The Kier molecular flexibility index (Phi) is 8.38. The molecule has 4 rings (SSSR count). The van der Waals surface area contributed by atoms with Crippen molar-refractivity contribution in [2.45, 2.75) is 129 Å². The fraction of sp³-hybridized carbons (Fsp3) is 0.903. The molecule has 10 heteroatoms. The number of likely N-dealkylation sites (tertiary alicyclic amines) is 1. The molecule has 0 radical (unpaired) electrons. The molecule has 0 spiro atoms. The Morgan fingerprint density at radius 3 is 2.05 bits per heavy atom. The summed E-state index contributed by atoms with van der Waals surface area (Å²) in [4.78, 5) is 42.1. The largest absolute Gasteiger partial charge is 0.480 e. The summed E-state index contributed by atoms with van der Waals surface area (Å²) < 4.78 is 26.0. The zero-order valence-electron chi connectivity index (χ0n) is 26.4. The first-order valence-corrected chi connectivity index (χ1v) is 17.3. The third kappa shape index (κ3) is 5.63. The lowest BCUT2D eigenvalue weighted by Gasteiger charge is -2.49. The highest BCUT2D eigenvalue weighted by Gasteiger charge is 2.70. The highest BCUT2D eigenvalue weighted by molar-refractivity contribution is 7.92. The lowest BCUT2D eigenvalue weighted by Crippen LogP contribution is -2.68. The van der Waals surface area contributed by atoms with Gasteiger partial charge in [0.05, 0.1) is 16.0 Å². The van der Waals surface area contributed by atoms with Crippen molar-refractivity contribution in [2.24, 2.45) is 34.5 Å². The molecule has 234 valence electrons. The minimum Gasteiger partial charge on any atom is -0.480 e. The van der Waals surface area contributed by atoms with E-state index in [1.54, 1.807) is 20.8 Å². The molecule has 4 aliphatic rings. The maximum Gasteiger partial charge on any atom is 0.326 e. The molecule has 3 N–H and O–H groups in total. The van der Waals surface area contributed by atoms with Crippen molar-refractivity contribution in [3.8, 4) is 0 Å². The number of aliphatic carboxylic acids is 1. The molecule has 1 saturated heterocycles. The first kappa shape index (κ1) is 32.1. The molecule has 0 aromatic heterocycles. The maximum atomic E-state index is 14.3. The number of urea groups is 1. The van der Waals surface area contributed by atoms with Gasteiger partial charge in [0.1, 0.15) is 12.1 Å². The number of amides is 3. The van der Waals surface area contributed by atoms with Gasteiger partial charge in [0.25, 0.3) is 0 Å². The number of piperidine rings is 1. The Hall–Kier alpha value is -1.84. The van der Waals surface area contributed by atoms with Crippen molar-refractivity contribution in [1.82, 2.24) is 15.5 Å². The van der Waals surface area contributed by atoms with Crippen LogP contribution in [0.3, 0.4) is 0 Å². The summed E-state index contributed by atoms with van der Waals surface area (Å²) in [6.07, 6.45) is 7.01. The van der Waals surface area contributed by atoms with E-state index in [-0.39, 0.29) is 40.7 Å². The first-order chi connectivity index (χ1) is 18.8. The van der Waals surface area contributed by atoms with Crippen LogP contribution < -0.4 is 10.6 Å². The lowest BCUT2D eigenvalue weighted by atomic mass is 9.68. The summed E-state index contributed by atoms with van der Waals surface area (Å²) in [6.45, 7) is 15.6. The number of fused-ring (bicyclic) bond motifs is 1. The van der Waals surface area contributed by atoms with E-state index in [0.29, 0.717) is 6.54 Å². The van der Waals surface area contributed by atoms with Gasteiger partial charge in [-0.1, -0.05) is 60.3 Å². The minimum absolute atomic E-state index is 0.0714. The molecular formula is C31H53N3O6S. The number of sulfone groups is 1. The molecular weight excluding hydrogens is 542 g/mol. The Morgan fingerprint density at radius 1 is 0.976 bits per heavy atom. The SMILES string of the molecule is C[C@@H]1CCC[C@H](C)[C@@]1(CS(=O)(=O)C(C)(C)C)NC(=O)N[C@H](C(=O)N1C[C@H]2[C@@H]([C@H]1C(=O)O)C2(C)C)C1(C)CCCCC1. The molecule has 0 aromatic rings. The number of hydrogen-bond acceptors (Lipinski definition) is 5. The van der Waals surface area contributed by atoms with Crippen LogP contribution in [0, 0.1) is 34.5 Å². The summed E-state index contributed by atoms with van der Waals surface area (Å²) in [6, 6.07) is -2.34. The Balaban J connectivity index is 1.64. The average Bonchev–Trinajstić information content (AvgIpc) is 3.18. The molecule has 41 heavy (non-hydrogen) atoms. The third-order valence-electron chi connectivity index (χ3n) is 11.7. The zero-order valence-corrected chi connectivity index (χ0v) is 27.2. The number of nitrogens with zero attached hydrogens (tertiary/aromatic N) is 1. The molecule has 3 aliphatic carbocycles. The van der Waals surface area contributed by atoms with Gasteiger partial charge in [-0.25, -0.2) is 18.0 Å². The van der Waals surface area contributed by atoms with Crippen LogP contribution in [-0.4, -0.2) is 71.0 Å². The van der Waals surface area contributed by atoms with Gasteiger partial charge in [0, 0.05) is 12.5 Å². The van der Waals surface area contributed by atoms with Crippen LogP contribution in [0.1, 0.15) is 107 Å². The van der Waals surface area contributed by atoms with Gasteiger partial charge in [0.15, 0.2) is 9.84 Å². The third-order valence-corrected chi connectivity index (χ3v) is 14.4. The van der Waals surface area contributed by atoms with Crippen LogP contribution >= 0.6 is 0 Å². The summed E-state index contributed by atoms with van der Waals surface area (Å²) in [5.74, 6) is -1.59. The number of hydrogen-bond donors (Lipinski definition) is 3. The fourth-order valence-electron chi connectivity index (χ4n) is 8.35. The van der Waals surface area contributed by atoms with Gasteiger partial charge in [-0.05, 0) is 75.0 Å². The second kappa shape index (κ2) is 10.7. The topological polar surface area (TPSA) is 133 Å². The normalized spacial score (nSPS) is 35.2. The van der Waals surface area contributed by atoms with Gasteiger partial charge < -0.3 is 20.6 Å². The van der Waals surface area contributed by atoms with Crippen LogP contribution in [0.25, 0.3) is 0 Å². The van der Waals surface area contributed by atoms with Crippen molar-refractivity contribution in [1.29, 1.82) is 0 Å². The van der Waals surface area contributed by atoms with E-state index in [4.69, 9.17) is 0 Å². The van der Waals surface area contributed by atoms with E-state index in [9.17, 15) is 27.9 Å². The van der Waals surface area contributed by atoms with Crippen molar-refractivity contribution in [3.05, 3.63) is 0 Å². The summed E-state index contributed by atoms with van der Waals surface area (Å²) in [5.41, 5.74) is -1.61. The predicted molar refractivity (Wildman–Crippen MR) is 159 cm³/mol. The number of nitrogens with one attached hydrogen (secondary N) is 2. The van der Waals surface area contributed by atoms with Gasteiger partial charge in [0.2, 0.25) is 5.91 Å². The predicted octanol–water partition coefficient (Wildman–Crippen LogP) is 4.60. The molecule has 0 aromatic carbocycles. The van der Waals surface area contributed by atoms with E-state index in [1.807, 2.05) is 20.8 Å². The Bertz CT molecular complexity index is 1140. The number of rotatable bonds is 7. The van der Waals surface area contributed by atoms with Crippen LogP contribution in [-0.2, 0) is 19.4 Å². The van der Waals surface area contributed by atoms with Crippen LogP contribution in [0.15, 0.2) is 0 Å². The quantitative estimate of drug-likeness (QED) is 0.394. The molecule has 7 atom stereocenters. The molecule has 4 fully saturated rings. The van der Waals surface area contributed by atoms with Gasteiger partial charge in [-0.2, -0.15) is 0 Å². The van der Waals surface area contributed by atoms with Crippen molar-refractivity contribution in [3.63, 3.8) is 0 Å². The smallest absolute Gasteiger partial charge is 0.326 e. The molecule has 3 amide bonds. The van der Waals surface area contributed by atoms with Crippen LogP contribution in [0.5, 0.6) is 0 Å². The van der Waals surface area contributed by atoms with Gasteiger partial charge in [-0.3, -0.25) is 4.79 Å². The summed E-state index contributed by atoms with van der Waals surface area (Å²) in [7, 11) is -3.57. The Labute approximate surface area is 246 Å². The van der Waals surface area contributed by atoms with Crippen molar-refractivity contribution >= 4 is 27.7 Å². The van der Waals surface area contributed by atoms with Crippen molar-refractivity contribution < 1.29 is 27.9 Å². The summed E-state index contributed by atoms with van der Waals surface area (Å²) in [5, 5.41) is 16.3. The maximum absolute atomic E-state index is 14.3. The zero-order chi connectivity index (χ0) is 30.8. The number of carbonyl (C=O) groups is 3. The molecule has 1 heterocycles. The lowest BCUT2D eigenvalue weighted by molar-refractivity contribution is -0.152. The highest BCUT2D eigenvalue weighted by Crippen LogP contribution is 2.65. The van der Waals surface area contributed by atoms with E-state index in [0.717, 1.165) is 51.4 Å². The monoisotopic (exact) mass is 595 g/mol. The second-order valence-electron chi connectivity index (χ2n) is 15.6. The van der Waals surface area contributed by atoms with E-state index < -0.39 is 49.6 Å². The standard InChI is InChI=1S/C31H53N3O6S/c1-19-13-12-14-20(2)31(19,18-41(39,40)28(3,4)5)33-27(38)32-24(30(8)15-10-9-11-16-30)25(35)34-17-21-22(29(21,6)7)23(34)26(36)37/h19-24H,9-18H2,1-8H3,(H,36,37)(H2,32,33,38)/t19-,20+,21-,22-,23-,24+,31+/m0/s1. The second-order valence-corrected chi connectivity index (χ2v) is 18.4. The van der Waals surface area contributed by atoms with E-state index in [2.05, 4.69) is 24.5 Å². The van der Waals surface area contributed by atoms with E-state index in [1.165, 1.54) is 4.90 Å². The van der Waals surface area contributed by atoms with Crippen LogP contribution in [0.2, 0.25) is 0 Å². The molecule has 0 bridgehead atoms. The van der Waals surface area contributed by atoms with Gasteiger partial charge >= 0.3 is 12.0 Å². The minimum atomic E-state index is -3.57. The summed E-state index contributed by atoms with van der Waals surface area (Å²) >= 11 is 0. The fourth-order valence-corrected chi connectivity index (χ4v) is 10.1. The van der Waals surface area contributed by atoms with Crippen molar-refractivity contribution in [2.75, 3.05) is 12.3 Å². The number of carbonyl (C=O) groups excluding carboxylic acids is 2. The Morgan fingerprint density at radius 2 is 1.54 bits per heavy atom. The van der Waals surface area contributed by atoms with Gasteiger partial charge in [-0.15, -0.1) is 0 Å². The molecule has 0 unspecified atom stereocenters. The van der Waals surface area contributed by atoms with Crippen LogP contribution in [0.4, 0.5) is 4.79 Å².